The highest BCUT2D eigenvalue weighted by molar-refractivity contribution is 7.19. The minimum absolute atomic E-state index is 0.0132. The van der Waals surface area contributed by atoms with Gasteiger partial charge in [0.1, 0.15) is 0 Å². The number of amides is 2. The number of benzene rings is 1. The van der Waals surface area contributed by atoms with E-state index in [4.69, 9.17) is 11.6 Å². The summed E-state index contributed by atoms with van der Waals surface area (Å²) in [6, 6.07) is 13.5. The third-order valence-electron chi connectivity index (χ3n) is 4.69. The minimum atomic E-state index is -0.339. The number of pyridine rings is 1. The number of hydrogen-bond donors (Lipinski definition) is 1. The quantitative estimate of drug-likeness (QED) is 0.712. The number of aromatic nitrogens is 1. The number of carbonyl (C=O) groups is 2. The van der Waals surface area contributed by atoms with Gasteiger partial charge in [-0.3, -0.25) is 14.6 Å². The predicted molar refractivity (Wildman–Crippen MR) is 106 cm³/mol. The molecule has 138 valence electrons. The Morgan fingerprint density at radius 2 is 2.07 bits per heavy atom. The summed E-state index contributed by atoms with van der Waals surface area (Å²) in [5, 5.41) is 4.64. The Bertz CT molecular complexity index is 989. The van der Waals surface area contributed by atoms with Crippen molar-refractivity contribution in [2.75, 3.05) is 6.54 Å². The van der Waals surface area contributed by atoms with Crippen molar-refractivity contribution in [3.63, 3.8) is 0 Å². The van der Waals surface area contributed by atoms with Crippen LogP contribution >= 0.6 is 22.9 Å². The Balaban J connectivity index is 1.37. The van der Waals surface area contributed by atoms with E-state index < -0.39 is 0 Å². The molecule has 2 amide bonds. The number of thiophene rings is 1. The average molecular weight is 400 g/mol. The summed E-state index contributed by atoms with van der Waals surface area (Å²) in [6.45, 7) is 1.23. The third-order valence-corrected chi connectivity index (χ3v) is 6.40. The first-order chi connectivity index (χ1) is 13.1. The van der Waals surface area contributed by atoms with Gasteiger partial charge in [-0.1, -0.05) is 35.9 Å². The van der Waals surface area contributed by atoms with E-state index in [0.717, 1.165) is 20.7 Å². The molecule has 0 aliphatic carbocycles. The van der Waals surface area contributed by atoms with Crippen molar-refractivity contribution in [2.45, 2.75) is 19.5 Å². The van der Waals surface area contributed by atoms with Crippen molar-refractivity contribution in [3.05, 3.63) is 64.3 Å². The Morgan fingerprint density at radius 1 is 1.26 bits per heavy atom. The molecule has 1 saturated heterocycles. The normalized spacial score (nSPS) is 16.9. The number of rotatable bonds is 5. The third kappa shape index (κ3) is 3.82. The maximum atomic E-state index is 12.5. The number of carbonyl (C=O) groups excluding carboxylic acids is 2. The van der Waals surface area contributed by atoms with E-state index in [9.17, 15) is 9.59 Å². The van der Waals surface area contributed by atoms with E-state index in [-0.39, 0.29) is 24.2 Å². The Morgan fingerprint density at radius 3 is 2.85 bits per heavy atom. The lowest BCUT2D eigenvalue weighted by atomic mass is 10.1. The molecule has 4 rings (SSSR count). The topological polar surface area (TPSA) is 62.3 Å². The zero-order valence-corrected chi connectivity index (χ0v) is 16.1. The molecule has 0 radical (unpaired) electrons. The van der Waals surface area contributed by atoms with Gasteiger partial charge in [0.15, 0.2) is 0 Å². The van der Waals surface area contributed by atoms with Crippen molar-refractivity contribution in [3.8, 4) is 0 Å². The van der Waals surface area contributed by atoms with E-state index in [2.05, 4.69) is 10.3 Å². The first kappa shape index (κ1) is 17.9. The van der Waals surface area contributed by atoms with Crippen molar-refractivity contribution < 1.29 is 9.59 Å². The summed E-state index contributed by atoms with van der Waals surface area (Å²) in [6.07, 6.45) is 1.94. The van der Waals surface area contributed by atoms with Crippen LogP contribution in [0, 0.1) is 5.92 Å². The smallest absolute Gasteiger partial charge is 0.225 e. The molecule has 7 heteroatoms. The van der Waals surface area contributed by atoms with E-state index in [1.807, 2.05) is 42.5 Å². The lowest BCUT2D eigenvalue weighted by Gasteiger charge is -2.16. The van der Waals surface area contributed by atoms with Gasteiger partial charge in [-0.25, -0.2) is 0 Å². The van der Waals surface area contributed by atoms with Crippen molar-refractivity contribution in [2.24, 2.45) is 5.92 Å². The number of fused-ring (bicyclic) bond motifs is 1. The van der Waals surface area contributed by atoms with Crippen molar-refractivity contribution in [1.29, 1.82) is 0 Å². The second kappa shape index (κ2) is 7.66. The number of halogens is 1. The molecule has 1 fully saturated rings. The second-order valence-electron chi connectivity index (χ2n) is 6.55. The van der Waals surface area contributed by atoms with Gasteiger partial charge in [-0.15, -0.1) is 11.3 Å². The molecule has 5 nitrogen and oxygen atoms in total. The first-order valence-electron chi connectivity index (χ1n) is 8.73. The molecule has 0 unspecified atom stereocenters. The highest BCUT2D eigenvalue weighted by Gasteiger charge is 2.34. The van der Waals surface area contributed by atoms with Crippen LogP contribution < -0.4 is 5.32 Å². The molecule has 1 atom stereocenters. The maximum Gasteiger partial charge on any atom is 0.225 e. The SMILES string of the molecule is O=C(NCc1sc2ccccc2c1Cl)[C@@H]1CC(=O)N(Cc2ccccn2)C1. The van der Waals surface area contributed by atoms with E-state index >= 15 is 0 Å². The van der Waals surface area contributed by atoms with Gasteiger partial charge >= 0.3 is 0 Å². The van der Waals surface area contributed by atoms with Crippen LogP contribution in [-0.4, -0.2) is 28.2 Å². The Hall–Kier alpha value is -2.44. The number of hydrogen-bond acceptors (Lipinski definition) is 4. The summed E-state index contributed by atoms with van der Waals surface area (Å²) < 4.78 is 1.10. The van der Waals surface area contributed by atoms with E-state index in [1.54, 1.807) is 22.4 Å². The summed E-state index contributed by atoms with van der Waals surface area (Å²) >= 11 is 8.01. The van der Waals surface area contributed by atoms with Crippen LogP contribution in [0.5, 0.6) is 0 Å². The van der Waals surface area contributed by atoms with E-state index in [0.29, 0.717) is 24.7 Å². The number of nitrogens with one attached hydrogen (secondary N) is 1. The summed E-state index contributed by atoms with van der Waals surface area (Å²) in [5.74, 6) is -0.463. The van der Waals surface area contributed by atoms with E-state index in [1.165, 1.54) is 0 Å². The molecule has 1 N–H and O–H groups in total. The molecule has 0 spiro atoms. The molecule has 0 bridgehead atoms. The summed E-state index contributed by atoms with van der Waals surface area (Å²) in [5.41, 5.74) is 0.823. The average Bonchev–Trinajstić information content (AvgIpc) is 3.21. The molecule has 1 aliphatic rings. The molecular weight excluding hydrogens is 382 g/mol. The van der Waals surface area contributed by atoms with Crippen molar-refractivity contribution in [1.82, 2.24) is 15.2 Å². The number of nitrogens with zero attached hydrogens (tertiary/aromatic N) is 2. The first-order valence-corrected chi connectivity index (χ1v) is 9.92. The molecule has 2 aromatic heterocycles. The second-order valence-corrected chi connectivity index (χ2v) is 8.06. The highest BCUT2D eigenvalue weighted by atomic mass is 35.5. The fourth-order valence-corrected chi connectivity index (χ4v) is 4.72. The monoisotopic (exact) mass is 399 g/mol. The molecule has 3 heterocycles. The fraction of sp³-hybridized carbons (Fsp3) is 0.250. The van der Waals surface area contributed by atoms with Crippen LogP contribution in [0.3, 0.4) is 0 Å². The van der Waals surface area contributed by atoms with Gasteiger partial charge in [0.05, 0.1) is 29.7 Å². The van der Waals surface area contributed by atoms with Crippen LogP contribution in [0.25, 0.3) is 10.1 Å². The minimum Gasteiger partial charge on any atom is -0.351 e. The van der Waals surface area contributed by atoms with Gasteiger partial charge in [-0.05, 0) is 18.2 Å². The van der Waals surface area contributed by atoms with Crippen LogP contribution in [0.4, 0.5) is 0 Å². The molecule has 3 aromatic rings. The van der Waals surface area contributed by atoms with Crippen LogP contribution in [0.15, 0.2) is 48.7 Å². The van der Waals surface area contributed by atoms with Gasteiger partial charge in [0.2, 0.25) is 11.8 Å². The van der Waals surface area contributed by atoms with Gasteiger partial charge in [0.25, 0.3) is 0 Å². The molecule has 1 aromatic carbocycles. The van der Waals surface area contributed by atoms with Crippen LogP contribution in [0.1, 0.15) is 17.0 Å². The molecule has 27 heavy (non-hydrogen) atoms. The molecular formula is C20H18ClN3O2S. The Labute approximate surface area is 166 Å². The Kier molecular flexibility index (Phi) is 5.09. The van der Waals surface area contributed by atoms with Gasteiger partial charge in [0, 0.05) is 34.1 Å². The predicted octanol–water partition coefficient (Wildman–Crippen LogP) is 3.61. The highest BCUT2D eigenvalue weighted by Crippen LogP contribution is 2.35. The zero-order valence-electron chi connectivity index (χ0n) is 14.5. The van der Waals surface area contributed by atoms with Crippen LogP contribution in [0.2, 0.25) is 5.02 Å². The standard InChI is InChI=1S/C20H18ClN3O2S/c21-19-15-6-1-2-7-16(15)27-17(19)10-23-20(26)13-9-18(25)24(11-13)12-14-5-3-4-8-22-14/h1-8,13H,9-12H2,(H,23,26)/t13-/m1/s1. The lowest BCUT2D eigenvalue weighted by Crippen LogP contribution is -2.32. The zero-order chi connectivity index (χ0) is 18.8. The van der Waals surface area contributed by atoms with Gasteiger partial charge < -0.3 is 10.2 Å². The number of likely N-dealkylation sites (tertiary alicyclic amines) is 1. The lowest BCUT2D eigenvalue weighted by molar-refractivity contribution is -0.129. The molecule has 0 saturated carbocycles. The summed E-state index contributed by atoms with van der Waals surface area (Å²) in [7, 11) is 0. The molecule has 1 aliphatic heterocycles. The summed E-state index contributed by atoms with van der Waals surface area (Å²) in [4.78, 5) is 31.7. The fourth-order valence-electron chi connectivity index (χ4n) is 3.28. The van der Waals surface area contributed by atoms with Gasteiger partial charge in [-0.2, -0.15) is 0 Å². The van der Waals surface area contributed by atoms with Crippen LogP contribution in [-0.2, 0) is 22.7 Å². The largest absolute Gasteiger partial charge is 0.351 e. The van der Waals surface area contributed by atoms with Crippen molar-refractivity contribution >= 4 is 44.8 Å². The maximum absolute atomic E-state index is 12.5.